The van der Waals surface area contributed by atoms with Gasteiger partial charge in [-0.25, -0.2) is 9.18 Å². The van der Waals surface area contributed by atoms with Crippen molar-refractivity contribution in [2.75, 3.05) is 6.61 Å². The zero-order chi connectivity index (χ0) is 45.2. The van der Waals surface area contributed by atoms with Crippen LogP contribution in [0.5, 0.6) is 0 Å². The van der Waals surface area contributed by atoms with E-state index in [9.17, 15) is 33.9 Å². The van der Waals surface area contributed by atoms with Crippen LogP contribution in [-0.4, -0.2) is 99.8 Å². The number of carbonyl (C=O) groups excluding carboxylic acids is 5. The van der Waals surface area contributed by atoms with E-state index in [1.165, 1.54) is 25.1 Å². The van der Waals surface area contributed by atoms with Crippen LogP contribution in [0.25, 0.3) is 0 Å². The average Bonchev–Trinajstić information content (AvgIpc) is 3.02. The van der Waals surface area contributed by atoms with E-state index >= 15 is 4.39 Å². The van der Waals surface area contributed by atoms with Gasteiger partial charge in [-0.15, -0.1) is 0 Å². The van der Waals surface area contributed by atoms with Gasteiger partial charge in [0.1, 0.15) is 23.5 Å². The molecule has 15 heteroatoms. The molecule has 0 aliphatic carbocycles. The highest BCUT2D eigenvalue weighted by atomic mass is 19.1. The Morgan fingerprint density at radius 1 is 0.741 bits per heavy atom. The fourth-order valence-electron chi connectivity index (χ4n) is 6.07. The largest absolute Gasteiger partial charge is 0.480 e. The molecule has 0 saturated heterocycles. The summed E-state index contributed by atoms with van der Waals surface area (Å²) in [5, 5.41) is 15.0. The third-order valence-corrected chi connectivity index (χ3v) is 8.65. The molecule has 0 fully saturated rings. The smallest absolute Gasteiger partial charge is 0.326 e. The van der Waals surface area contributed by atoms with Crippen LogP contribution >= 0.6 is 0 Å². The van der Waals surface area contributed by atoms with E-state index < -0.39 is 124 Å². The molecule has 7 atom stereocenters. The summed E-state index contributed by atoms with van der Waals surface area (Å²) in [6.45, 7) is 25.1. The Kier molecular flexibility index (Phi) is 18.9. The lowest BCUT2D eigenvalue weighted by Crippen LogP contribution is -2.56. The van der Waals surface area contributed by atoms with Crippen molar-refractivity contribution in [1.82, 2.24) is 10.6 Å². The number of nitrogens with two attached hydrogens (primary N) is 1. The van der Waals surface area contributed by atoms with Crippen LogP contribution in [0.2, 0.25) is 0 Å². The van der Waals surface area contributed by atoms with E-state index in [1.807, 2.05) is 20.8 Å². The minimum Gasteiger partial charge on any atom is -0.480 e. The van der Waals surface area contributed by atoms with Crippen LogP contribution in [0.3, 0.4) is 0 Å². The predicted octanol–water partition coefficient (Wildman–Crippen LogP) is 5.24. The molecular formula is C43H70FN3O11. The SMILES string of the molecule is C[C@@H](OC(C)(C)C)[C@H](N)C(=O)C[C@@](C)(Cc1ccccc1F)C(=O)N[C@H](C(=O)C[C@@H](COC(C)(C)C)C(=O)N[C@@H](CC(=O)OC(C)(C)C)C(=O)O)[C@@H](C)OC(C)(C)C. The van der Waals surface area contributed by atoms with Gasteiger partial charge in [0.15, 0.2) is 11.6 Å². The summed E-state index contributed by atoms with van der Waals surface area (Å²) in [6.07, 6.45) is -3.66. The molecule has 0 heterocycles. The van der Waals surface area contributed by atoms with Gasteiger partial charge >= 0.3 is 11.9 Å². The number of halogens is 1. The highest BCUT2D eigenvalue weighted by Crippen LogP contribution is 2.31. The Hall–Kier alpha value is -3.79. The maximum Gasteiger partial charge on any atom is 0.326 e. The molecule has 0 aromatic heterocycles. The zero-order valence-corrected chi connectivity index (χ0v) is 37.3. The second-order valence-corrected chi connectivity index (χ2v) is 19.3. The first-order chi connectivity index (χ1) is 26.1. The lowest BCUT2D eigenvalue weighted by molar-refractivity contribution is -0.159. The number of ether oxygens (including phenoxy) is 4. The molecule has 0 aliphatic heterocycles. The monoisotopic (exact) mass is 823 g/mol. The maximum atomic E-state index is 15.1. The number of hydrogen-bond acceptors (Lipinski definition) is 11. The number of esters is 1. The molecule has 1 aromatic rings. The quantitative estimate of drug-likeness (QED) is 0.117. The first kappa shape index (κ1) is 52.2. The van der Waals surface area contributed by atoms with Crippen LogP contribution in [0.4, 0.5) is 4.39 Å². The van der Waals surface area contributed by atoms with Gasteiger partial charge in [-0.05, 0) is 115 Å². The van der Waals surface area contributed by atoms with Gasteiger partial charge in [-0.2, -0.15) is 0 Å². The van der Waals surface area contributed by atoms with Crippen LogP contribution < -0.4 is 16.4 Å². The molecule has 58 heavy (non-hydrogen) atoms. The van der Waals surface area contributed by atoms with E-state index in [1.54, 1.807) is 82.2 Å². The van der Waals surface area contributed by atoms with Gasteiger partial charge < -0.3 is 40.4 Å². The average molecular weight is 824 g/mol. The number of aliphatic carboxylic acids is 1. The molecule has 5 N–H and O–H groups in total. The summed E-state index contributed by atoms with van der Waals surface area (Å²) in [5.41, 5.74) is 1.72. The molecular weight excluding hydrogens is 753 g/mol. The second kappa shape index (κ2) is 20.9. The topological polar surface area (TPSA) is 210 Å². The Labute approximate surface area is 344 Å². The predicted molar refractivity (Wildman–Crippen MR) is 217 cm³/mol. The number of carbonyl (C=O) groups is 6. The fraction of sp³-hybridized carbons (Fsp3) is 0.721. The minimum absolute atomic E-state index is 0.151. The number of benzene rings is 1. The van der Waals surface area contributed by atoms with Crippen molar-refractivity contribution < 1.29 is 57.2 Å². The number of hydrogen-bond donors (Lipinski definition) is 4. The van der Waals surface area contributed by atoms with Crippen molar-refractivity contribution in [3.8, 4) is 0 Å². The first-order valence-corrected chi connectivity index (χ1v) is 19.7. The van der Waals surface area contributed by atoms with Crippen molar-refractivity contribution in [3.63, 3.8) is 0 Å². The number of nitrogens with one attached hydrogen (secondary N) is 2. The van der Waals surface area contributed by atoms with Gasteiger partial charge in [-0.1, -0.05) is 25.1 Å². The first-order valence-electron chi connectivity index (χ1n) is 19.7. The van der Waals surface area contributed by atoms with Crippen molar-refractivity contribution >= 4 is 35.3 Å². The molecule has 0 radical (unpaired) electrons. The molecule has 0 bridgehead atoms. The van der Waals surface area contributed by atoms with Gasteiger partial charge in [0.2, 0.25) is 11.8 Å². The third kappa shape index (κ3) is 19.3. The highest BCUT2D eigenvalue weighted by molar-refractivity contribution is 5.97. The number of amides is 2. The van der Waals surface area contributed by atoms with Crippen molar-refractivity contribution in [3.05, 3.63) is 35.6 Å². The molecule has 2 amide bonds. The van der Waals surface area contributed by atoms with Crippen LogP contribution in [0, 0.1) is 17.2 Å². The Morgan fingerprint density at radius 3 is 1.76 bits per heavy atom. The Morgan fingerprint density at radius 2 is 1.28 bits per heavy atom. The highest BCUT2D eigenvalue weighted by Gasteiger charge is 2.43. The van der Waals surface area contributed by atoms with Crippen molar-refractivity contribution in [2.45, 2.75) is 182 Å². The third-order valence-electron chi connectivity index (χ3n) is 8.65. The van der Waals surface area contributed by atoms with Crippen LogP contribution in [0.15, 0.2) is 24.3 Å². The molecule has 330 valence electrons. The van der Waals surface area contributed by atoms with Gasteiger partial charge in [-0.3, -0.25) is 24.0 Å². The van der Waals surface area contributed by atoms with E-state index in [-0.39, 0.29) is 18.6 Å². The summed E-state index contributed by atoms with van der Waals surface area (Å²) < 4.78 is 38.3. The number of carboxylic acid groups (broad SMARTS) is 1. The Bertz CT molecular complexity index is 1590. The maximum absolute atomic E-state index is 15.1. The van der Waals surface area contributed by atoms with E-state index in [0.29, 0.717) is 0 Å². The van der Waals surface area contributed by atoms with Gasteiger partial charge in [0, 0.05) is 12.8 Å². The molecule has 14 nitrogen and oxygen atoms in total. The van der Waals surface area contributed by atoms with Crippen molar-refractivity contribution in [1.29, 1.82) is 0 Å². The lowest BCUT2D eigenvalue weighted by Gasteiger charge is -2.36. The van der Waals surface area contributed by atoms with Crippen LogP contribution in [-0.2, 0) is 54.1 Å². The zero-order valence-electron chi connectivity index (χ0n) is 37.3. The molecule has 1 aromatic carbocycles. The van der Waals surface area contributed by atoms with Gasteiger partial charge in [0.25, 0.3) is 0 Å². The van der Waals surface area contributed by atoms with E-state index in [4.69, 9.17) is 24.7 Å². The Balaban J connectivity index is 3.66. The molecule has 0 spiro atoms. The fourth-order valence-corrected chi connectivity index (χ4v) is 6.07. The number of ketones is 2. The minimum atomic E-state index is -1.69. The summed E-state index contributed by atoms with van der Waals surface area (Å²) in [4.78, 5) is 81.2. The lowest BCUT2D eigenvalue weighted by atomic mass is 9.76. The number of Topliss-reactive ketones (excluding diaryl/α,β-unsaturated/α-hetero) is 2. The normalized spacial score (nSPS) is 16.8. The summed E-state index contributed by atoms with van der Waals surface area (Å²) in [7, 11) is 0. The second-order valence-electron chi connectivity index (χ2n) is 19.3. The summed E-state index contributed by atoms with van der Waals surface area (Å²) >= 11 is 0. The molecule has 0 aliphatic rings. The van der Waals surface area contributed by atoms with E-state index in [2.05, 4.69) is 10.6 Å². The number of rotatable bonds is 21. The summed E-state index contributed by atoms with van der Waals surface area (Å²) in [6, 6.07) is 1.58. The van der Waals surface area contributed by atoms with Gasteiger partial charge in [0.05, 0.1) is 59.4 Å². The molecule has 1 rings (SSSR count). The van der Waals surface area contributed by atoms with Crippen LogP contribution in [0.1, 0.15) is 129 Å². The molecule has 0 saturated carbocycles. The number of carboxylic acids is 1. The standard InChI is InChI=1S/C43H70FN3O11/c1-25(56-40(6,7)8)34(45)32(49)23-43(15,22-27-18-16-17-19-29(27)44)38(54)47-35(26(2)57-41(9,10)11)31(48)20-28(24-55-39(3,4)5)36(51)46-30(37(52)53)21-33(50)58-42(12,13)14/h16-19,25-26,28,30,34-35H,20-24,45H2,1-15H3,(H,46,51)(H,47,54)(H,52,53)/t25-,26-,28+,30+,34+,35+,43-/m1/s1. The van der Waals surface area contributed by atoms with E-state index in [0.717, 1.165) is 0 Å². The summed E-state index contributed by atoms with van der Waals surface area (Å²) in [5.74, 6) is -7.11. The van der Waals surface area contributed by atoms with Crippen molar-refractivity contribution in [2.24, 2.45) is 17.1 Å². The molecule has 0 unspecified atom stereocenters.